The van der Waals surface area contributed by atoms with Crippen LogP contribution in [0.25, 0.3) is 0 Å². The highest BCUT2D eigenvalue weighted by molar-refractivity contribution is 5.94. The number of nitrogen functional groups attached to an aromatic ring is 1. The van der Waals surface area contributed by atoms with E-state index in [1.165, 1.54) is 12.3 Å². The highest BCUT2D eigenvalue weighted by Gasteiger charge is 2.14. The summed E-state index contributed by atoms with van der Waals surface area (Å²) >= 11 is 0. The summed E-state index contributed by atoms with van der Waals surface area (Å²) in [6, 6.07) is 1.36. The summed E-state index contributed by atoms with van der Waals surface area (Å²) in [7, 11) is 3.12. The second-order valence-electron chi connectivity index (χ2n) is 3.66. The van der Waals surface area contributed by atoms with Crippen molar-refractivity contribution in [1.29, 1.82) is 0 Å². The van der Waals surface area contributed by atoms with Crippen molar-refractivity contribution in [3.8, 4) is 0 Å². The number of ether oxygens (including phenoxy) is 2. The molecule has 7 nitrogen and oxygen atoms in total. The summed E-state index contributed by atoms with van der Waals surface area (Å²) in [5.41, 5.74) is 5.83. The molecule has 0 saturated carbocycles. The molecule has 1 heterocycles. The van der Waals surface area contributed by atoms with Gasteiger partial charge in [-0.25, -0.2) is 9.78 Å². The van der Waals surface area contributed by atoms with Crippen molar-refractivity contribution in [3.63, 3.8) is 0 Å². The van der Waals surface area contributed by atoms with Crippen molar-refractivity contribution in [2.24, 2.45) is 0 Å². The van der Waals surface area contributed by atoms with E-state index in [4.69, 9.17) is 20.3 Å². The molecule has 7 heteroatoms. The Morgan fingerprint density at radius 1 is 1.61 bits per heavy atom. The summed E-state index contributed by atoms with van der Waals surface area (Å²) in [5, 5.41) is 11.9. The van der Waals surface area contributed by atoms with Crippen molar-refractivity contribution in [1.82, 2.24) is 4.98 Å². The number of rotatable bonds is 7. The molecule has 1 aromatic heterocycles. The van der Waals surface area contributed by atoms with Crippen LogP contribution in [0.15, 0.2) is 12.3 Å². The number of aromatic carboxylic acids is 1. The maximum atomic E-state index is 11.0. The van der Waals surface area contributed by atoms with Gasteiger partial charge in [-0.05, 0) is 6.07 Å². The van der Waals surface area contributed by atoms with E-state index >= 15 is 0 Å². The van der Waals surface area contributed by atoms with Gasteiger partial charge in [0.15, 0.2) is 0 Å². The molecule has 0 aliphatic rings. The zero-order valence-corrected chi connectivity index (χ0v) is 10.3. The van der Waals surface area contributed by atoms with Crippen LogP contribution >= 0.6 is 0 Å². The molecule has 4 N–H and O–H groups in total. The fourth-order valence-corrected chi connectivity index (χ4v) is 1.39. The van der Waals surface area contributed by atoms with Crippen LogP contribution in [-0.2, 0) is 9.47 Å². The molecule has 18 heavy (non-hydrogen) atoms. The van der Waals surface area contributed by atoms with Crippen LogP contribution in [0.5, 0.6) is 0 Å². The van der Waals surface area contributed by atoms with Gasteiger partial charge in [-0.15, -0.1) is 0 Å². The molecule has 1 rings (SSSR count). The first-order valence-corrected chi connectivity index (χ1v) is 5.33. The highest BCUT2D eigenvalue weighted by atomic mass is 16.5. The zero-order chi connectivity index (χ0) is 13.5. The molecule has 0 bridgehead atoms. The number of nitrogens with one attached hydrogen (secondary N) is 1. The minimum absolute atomic E-state index is 0.0299. The van der Waals surface area contributed by atoms with Crippen molar-refractivity contribution in [2.45, 2.75) is 6.10 Å². The Hall–Kier alpha value is -1.86. The molecular formula is C11H17N3O4. The third-order valence-corrected chi connectivity index (χ3v) is 2.32. The molecular weight excluding hydrogens is 238 g/mol. The quantitative estimate of drug-likeness (QED) is 0.648. The lowest BCUT2D eigenvalue weighted by atomic mass is 10.2. The third kappa shape index (κ3) is 3.86. The molecule has 0 amide bonds. The van der Waals surface area contributed by atoms with Gasteiger partial charge in [0.05, 0.1) is 24.6 Å². The lowest BCUT2D eigenvalue weighted by Crippen LogP contribution is -2.27. The maximum absolute atomic E-state index is 11.0. The van der Waals surface area contributed by atoms with Crippen molar-refractivity contribution in [3.05, 3.63) is 17.8 Å². The standard InChI is InChI=1S/C11H17N3O4/c1-17-6-8(18-2)5-14-10-9(11(15)16)3-7(12)4-13-10/h3-4,8H,5-6,12H2,1-2H3,(H,13,14)(H,15,16). The first-order chi connectivity index (χ1) is 8.58. The summed E-state index contributed by atoms with van der Waals surface area (Å²) in [6.07, 6.45) is 1.21. The van der Waals surface area contributed by atoms with Crippen LogP contribution in [0.3, 0.4) is 0 Å². The number of hydrogen-bond acceptors (Lipinski definition) is 6. The first kappa shape index (κ1) is 14.2. The van der Waals surface area contributed by atoms with Gasteiger partial charge in [0.1, 0.15) is 11.4 Å². The fraction of sp³-hybridized carbons (Fsp3) is 0.455. The fourth-order valence-electron chi connectivity index (χ4n) is 1.39. The Labute approximate surface area is 105 Å². The lowest BCUT2D eigenvalue weighted by molar-refractivity contribution is 0.0365. The van der Waals surface area contributed by atoms with Gasteiger partial charge in [-0.3, -0.25) is 0 Å². The SMILES string of the molecule is COCC(CNc1ncc(N)cc1C(=O)O)OC. The number of nitrogens with zero attached hydrogens (tertiary/aromatic N) is 1. The maximum Gasteiger partial charge on any atom is 0.339 e. The topological polar surface area (TPSA) is 107 Å². The van der Waals surface area contributed by atoms with Crippen LogP contribution in [-0.4, -0.2) is 49.5 Å². The average Bonchev–Trinajstić information content (AvgIpc) is 2.35. The Bertz CT molecular complexity index is 411. The van der Waals surface area contributed by atoms with E-state index in [-0.39, 0.29) is 17.5 Å². The molecule has 1 aromatic rings. The number of carboxylic acid groups (broad SMARTS) is 1. The van der Waals surface area contributed by atoms with E-state index in [1.807, 2.05) is 0 Å². The van der Waals surface area contributed by atoms with E-state index in [0.29, 0.717) is 18.8 Å². The smallest absolute Gasteiger partial charge is 0.339 e. The van der Waals surface area contributed by atoms with E-state index in [2.05, 4.69) is 10.3 Å². The molecule has 0 fully saturated rings. The summed E-state index contributed by atoms with van der Waals surface area (Å²) in [5.74, 6) is -0.826. The number of carbonyl (C=O) groups is 1. The number of aromatic nitrogens is 1. The normalized spacial score (nSPS) is 12.1. The molecule has 0 aromatic carbocycles. The number of pyridine rings is 1. The molecule has 0 aliphatic heterocycles. The second-order valence-corrected chi connectivity index (χ2v) is 3.66. The number of carboxylic acids is 1. The van der Waals surface area contributed by atoms with Gasteiger partial charge < -0.3 is 25.6 Å². The molecule has 0 radical (unpaired) electrons. The van der Waals surface area contributed by atoms with Gasteiger partial charge >= 0.3 is 5.97 Å². The molecule has 0 spiro atoms. The Morgan fingerprint density at radius 2 is 2.33 bits per heavy atom. The lowest BCUT2D eigenvalue weighted by Gasteiger charge is -2.16. The van der Waals surface area contributed by atoms with Crippen LogP contribution in [0.1, 0.15) is 10.4 Å². The van der Waals surface area contributed by atoms with Crippen LogP contribution in [0.4, 0.5) is 11.5 Å². The van der Waals surface area contributed by atoms with Crippen LogP contribution in [0.2, 0.25) is 0 Å². The van der Waals surface area contributed by atoms with Crippen LogP contribution < -0.4 is 11.1 Å². The third-order valence-electron chi connectivity index (χ3n) is 2.32. The number of anilines is 2. The number of nitrogens with two attached hydrogens (primary N) is 1. The van der Waals surface area contributed by atoms with Crippen molar-refractivity contribution in [2.75, 3.05) is 38.4 Å². The van der Waals surface area contributed by atoms with Crippen molar-refractivity contribution < 1.29 is 19.4 Å². The van der Waals surface area contributed by atoms with E-state index in [1.54, 1.807) is 14.2 Å². The minimum Gasteiger partial charge on any atom is -0.478 e. The highest BCUT2D eigenvalue weighted by Crippen LogP contribution is 2.15. The van der Waals surface area contributed by atoms with Crippen molar-refractivity contribution >= 4 is 17.5 Å². The van der Waals surface area contributed by atoms with E-state index in [9.17, 15) is 4.79 Å². The van der Waals surface area contributed by atoms with E-state index < -0.39 is 5.97 Å². The van der Waals surface area contributed by atoms with Gasteiger partial charge in [0.25, 0.3) is 0 Å². The summed E-state index contributed by atoms with van der Waals surface area (Å²) in [6.45, 7) is 0.794. The summed E-state index contributed by atoms with van der Waals surface area (Å²) in [4.78, 5) is 15.0. The zero-order valence-electron chi connectivity index (χ0n) is 10.3. The molecule has 100 valence electrons. The minimum atomic E-state index is -1.09. The molecule has 1 atom stereocenters. The Kier molecular flexibility index (Phi) is 5.34. The Morgan fingerprint density at radius 3 is 2.89 bits per heavy atom. The largest absolute Gasteiger partial charge is 0.478 e. The summed E-state index contributed by atoms with van der Waals surface area (Å²) < 4.78 is 10.1. The predicted octanol–water partition coefficient (Wildman–Crippen LogP) is 0.435. The molecule has 1 unspecified atom stereocenters. The molecule has 0 saturated heterocycles. The Balaban J connectivity index is 2.74. The van der Waals surface area contributed by atoms with Crippen LogP contribution in [0, 0.1) is 0 Å². The van der Waals surface area contributed by atoms with Gasteiger partial charge in [-0.2, -0.15) is 0 Å². The number of methoxy groups -OCH3 is 2. The van der Waals surface area contributed by atoms with Gasteiger partial charge in [0, 0.05) is 20.8 Å². The molecule has 0 aliphatic carbocycles. The average molecular weight is 255 g/mol. The number of hydrogen-bond donors (Lipinski definition) is 3. The van der Waals surface area contributed by atoms with Gasteiger partial charge in [0.2, 0.25) is 0 Å². The predicted molar refractivity (Wildman–Crippen MR) is 66.8 cm³/mol. The van der Waals surface area contributed by atoms with E-state index in [0.717, 1.165) is 0 Å². The monoisotopic (exact) mass is 255 g/mol. The second kappa shape index (κ2) is 6.77. The van der Waals surface area contributed by atoms with Gasteiger partial charge in [-0.1, -0.05) is 0 Å². The first-order valence-electron chi connectivity index (χ1n) is 5.33.